The van der Waals surface area contributed by atoms with Gasteiger partial charge in [-0.05, 0) is 57.2 Å². The molecule has 0 aliphatic carbocycles. The topological polar surface area (TPSA) is 75.7 Å². The van der Waals surface area contributed by atoms with E-state index in [0.29, 0.717) is 29.2 Å². The molecule has 0 aromatic heterocycles. The lowest BCUT2D eigenvalue weighted by Crippen LogP contribution is -2.60. The van der Waals surface area contributed by atoms with Crippen LogP contribution in [0.4, 0.5) is 11.4 Å². The third-order valence-corrected chi connectivity index (χ3v) is 4.42. The molecule has 1 unspecified atom stereocenters. The number of fused-ring (bicyclic) bond motifs is 1. The highest BCUT2D eigenvalue weighted by Gasteiger charge is 2.50. The van der Waals surface area contributed by atoms with Gasteiger partial charge in [0.1, 0.15) is 5.75 Å². The Balaban J connectivity index is 1.88. The molecule has 6 heteroatoms. The van der Waals surface area contributed by atoms with Crippen molar-refractivity contribution in [2.45, 2.75) is 26.4 Å². The minimum Gasteiger partial charge on any atom is -0.465 e. The van der Waals surface area contributed by atoms with Crippen LogP contribution in [0.25, 0.3) is 0 Å². The summed E-state index contributed by atoms with van der Waals surface area (Å²) in [7, 11) is 0. The van der Waals surface area contributed by atoms with E-state index in [2.05, 4.69) is 5.32 Å². The summed E-state index contributed by atoms with van der Waals surface area (Å²) in [4.78, 5) is 38.6. The first-order chi connectivity index (χ1) is 12.4. The fourth-order valence-electron chi connectivity index (χ4n) is 2.89. The molecule has 6 nitrogen and oxygen atoms in total. The summed E-state index contributed by atoms with van der Waals surface area (Å²) in [6, 6.07) is 13.6. The molecule has 0 spiro atoms. The lowest BCUT2D eigenvalue weighted by molar-refractivity contribution is -0.145. The van der Waals surface area contributed by atoms with E-state index >= 15 is 0 Å². The zero-order valence-electron chi connectivity index (χ0n) is 14.9. The van der Waals surface area contributed by atoms with Gasteiger partial charge in [0.15, 0.2) is 5.78 Å². The Morgan fingerprint density at radius 2 is 1.77 bits per heavy atom. The molecule has 0 radical (unpaired) electrons. The Kier molecular flexibility index (Phi) is 4.50. The third kappa shape index (κ3) is 2.94. The van der Waals surface area contributed by atoms with Gasteiger partial charge in [0, 0.05) is 17.8 Å². The summed E-state index contributed by atoms with van der Waals surface area (Å²) < 4.78 is 5.80. The Hall–Kier alpha value is -3.15. The summed E-state index contributed by atoms with van der Waals surface area (Å²) in [5.41, 5.74) is 0.00442. The molecule has 26 heavy (non-hydrogen) atoms. The second kappa shape index (κ2) is 6.63. The van der Waals surface area contributed by atoms with Crippen molar-refractivity contribution >= 4 is 29.0 Å². The monoisotopic (exact) mass is 352 g/mol. The molecule has 1 aliphatic heterocycles. The summed E-state index contributed by atoms with van der Waals surface area (Å²) >= 11 is 0. The van der Waals surface area contributed by atoms with E-state index in [-0.39, 0.29) is 5.78 Å². The van der Waals surface area contributed by atoms with Crippen LogP contribution in [-0.4, -0.2) is 29.7 Å². The fourth-order valence-corrected chi connectivity index (χ4v) is 2.89. The van der Waals surface area contributed by atoms with E-state index in [0.717, 1.165) is 0 Å². The number of nitrogens with one attached hydrogen (secondary N) is 1. The van der Waals surface area contributed by atoms with Gasteiger partial charge >= 0.3 is 0 Å². The van der Waals surface area contributed by atoms with Crippen molar-refractivity contribution in [2.24, 2.45) is 0 Å². The maximum absolute atomic E-state index is 12.9. The smallest absolute Gasteiger partial charge is 0.280 e. The predicted molar refractivity (Wildman–Crippen MR) is 98.6 cm³/mol. The Bertz CT molecular complexity index is 876. The number of anilines is 2. The number of ether oxygens (including phenoxy) is 1. The molecule has 0 saturated carbocycles. The molecule has 1 heterocycles. The lowest BCUT2D eigenvalue weighted by atomic mass is 9.99. The number of hydrogen-bond donors (Lipinski definition) is 1. The summed E-state index contributed by atoms with van der Waals surface area (Å²) in [5, 5.41) is 2.70. The van der Waals surface area contributed by atoms with Crippen molar-refractivity contribution in [3.63, 3.8) is 0 Å². The number of para-hydroxylation sites is 2. The average molecular weight is 352 g/mol. The summed E-state index contributed by atoms with van der Waals surface area (Å²) in [5.74, 6) is -0.558. The van der Waals surface area contributed by atoms with Gasteiger partial charge in [-0.1, -0.05) is 12.1 Å². The summed E-state index contributed by atoms with van der Waals surface area (Å²) in [6.07, 6.45) is 0. The standard InChI is InChI=1S/C20H20N2O4/c1-4-22-16-7-5-6-8-17(16)26-20(3,19(22)25)18(24)21-15-11-9-14(10-12-15)13(2)23/h5-12H,4H2,1-3H3,(H,21,24). The van der Waals surface area contributed by atoms with Crippen LogP contribution in [0.1, 0.15) is 31.1 Å². The molecule has 1 N–H and O–H groups in total. The van der Waals surface area contributed by atoms with Crippen molar-refractivity contribution in [2.75, 3.05) is 16.8 Å². The van der Waals surface area contributed by atoms with Crippen molar-refractivity contribution in [3.8, 4) is 5.75 Å². The highest BCUT2D eigenvalue weighted by molar-refractivity contribution is 6.19. The molecule has 3 rings (SSSR count). The number of nitrogens with zero attached hydrogens (tertiary/aromatic N) is 1. The number of rotatable bonds is 4. The Labute approximate surface area is 151 Å². The minimum absolute atomic E-state index is 0.0594. The van der Waals surface area contributed by atoms with Gasteiger partial charge in [0.2, 0.25) is 0 Å². The number of carbonyl (C=O) groups excluding carboxylic acids is 3. The van der Waals surface area contributed by atoms with E-state index in [1.165, 1.54) is 18.7 Å². The van der Waals surface area contributed by atoms with E-state index in [9.17, 15) is 14.4 Å². The van der Waals surface area contributed by atoms with Gasteiger partial charge in [-0.25, -0.2) is 0 Å². The van der Waals surface area contributed by atoms with Crippen molar-refractivity contribution < 1.29 is 19.1 Å². The first-order valence-electron chi connectivity index (χ1n) is 8.39. The average Bonchev–Trinajstić information content (AvgIpc) is 2.63. The molecule has 134 valence electrons. The van der Waals surface area contributed by atoms with E-state index in [4.69, 9.17) is 4.74 Å². The van der Waals surface area contributed by atoms with Crippen molar-refractivity contribution in [1.82, 2.24) is 0 Å². The van der Waals surface area contributed by atoms with Gasteiger partial charge < -0.3 is 15.0 Å². The van der Waals surface area contributed by atoms with Crippen LogP contribution in [-0.2, 0) is 9.59 Å². The molecule has 2 aromatic carbocycles. The molecule has 1 atom stereocenters. The summed E-state index contributed by atoms with van der Waals surface area (Å²) in [6.45, 7) is 5.21. The number of carbonyl (C=O) groups is 3. The van der Waals surface area contributed by atoms with Crippen LogP contribution in [0.2, 0.25) is 0 Å². The molecular weight excluding hydrogens is 332 g/mol. The Morgan fingerprint density at radius 3 is 2.38 bits per heavy atom. The molecule has 1 aliphatic rings. The zero-order valence-corrected chi connectivity index (χ0v) is 14.9. The minimum atomic E-state index is -1.68. The number of Topliss-reactive ketones (excluding diaryl/α,β-unsaturated/α-hetero) is 1. The zero-order chi connectivity index (χ0) is 18.9. The molecule has 0 fully saturated rings. The molecular formula is C20H20N2O4. The molecule has 2 aromatic rings. The largest absolute Gasteiger partial charge is 0.465 e. The van der Waals surface area contributed by atoms with Crippen LogP contribution in [0.15, 0.2) is 48.5 Å². The van der Waals surface area contributed by atoms with Crippen LogP contribution < -0.4 is 15.0 Å². The van der Waals surface area contributed by atoms with Crippen LogP contribution in [0.3, 0.4) is 0 Å². The van der Waals surface area contributed by atoms with Gasteiger partial charge in [-0.2, -0.15) is 0 Å². The van der Waals surface area contributed by atoms with Gasteiger partial charge in [-0.15, -0.1) is 0 Å². The maximum Gasteiger partial charge on any atom is 0.280 e. The first kappa shape index (κ1) is 17.7. The van der Waals surface area contributed by atoms with Crippen molar-refractivity contribution in [1.29, 1.82) is 0 Å². The number of amides is 2. The number of ketones is 1. The second-order valence-corrected chi connectivity index (χ2v) is 6.24. The van der Waals surface area contributed by atoms with Crippen molar-refractivity contribution in [3.05, 3.63) is 54.1 Å². The first-order valence-corrected chi connectivity index (χ1v) is 8.39. The van der Waals surface area contributed by atoms with Gasteiger partial charge in [0.05, 0.1) is 5.69 Å². The highest BCUT2D eigenvalue weighted by Crippen LogP contribution is 2.37. The third-order valence-electron chi connectivity index (χ3n) is 4.42. The quantitative estimate of drug-likeness (QED) is 0.678. The van der Waals surface area contributed by atoms with E-state index in [1.807, 2.05) is 13.0 Å². The number of hydrogen-bond acceptors (Lipinski definition) is 4. The van der Waals surface area contributed by atoms with Gasteiger partial charge in [0.25, 0.3) is 17.4 Å². The second-order valence-electron chi connectivity index (χ2n) is 6.24. The van der Waals surface area contributed by atoms with E-state index in [1.54, 1.807) is 42.5 Å². The number of likely N-dealkylation sites (N-methyl/N-ethyl adjacent to an activating group) is 1. The molecule has 2 amide bonds. The van der Waals surface area contributed by atoms with Gasteiger partial charge in [-0.3, -0.25) is 14.4 Å². The van der Waals surface area contributed by atoms with Crippen LogP contribution >= 0.6 is 0 Å². The predicted octanol–water partition coefficient (Wildman–Crippen LogP) is 3.03. The lowest BCUT2D eigenvalue weighted by Gasteiger charge is -2.39. The van der Waals surface area contributed by atoms with Crippen LogP contribution in [0.5, 0.6) is 5.75 Å². The fraction of sp³-hybridized carbons (Fsp3) is 0.250. The van der Waals surface area contributed by atoms with E-state index < -0.39 is 17.4 Å². The van der Waals surface area contributed by atoms with Crippen LogP contribution in [0, 0.1) is 0 Å². The SMILES string of the molecule is CCN1C(=O)C(C)(C(=O)Nc2ccc(C(C)=O)cc2)Oc2ccccc21. The normalized spacial score (nSPS) is 18.7. The molecule has 0 saturated heterocycles. The molecule has 0 bridgehead atoms. The number of benzene rings is 2. The Morgan fingerprint density at radius 1 is 1.12 bits per heavy atom. The maximum atomic E-state index is 12.9. The highest BCUT2D eigenvalue weighted by atomic mass is 16.5.